The normalized spacial score (nSPS) is 29.1. The molecule has 136 valence electrons. The number of aromatic nitrogens is 3. The van der Waals surface area contributed by atoms with Gasteiger partial charge in [0.2, 0.25) is 0 Å². The molecule has 1 saturated heterocycles. The molecule has 1 fully saturated rings. The summed E-state index contributed by atoms with van der Waals surface area (Å²) in [7, 11) is 3.17. The van der Waals surface area contributed by atoms with E-state index in [1.807, 2.05) is 0 Å². The van der Waals surface area contributed by atoms with Gasteiger partial charge in [0, 0.05) is 20.3 Å². The van der Waals surface area contributed by atoms with E-state index in [0.29, 0.717) is 22.4 Å². The quantitative estimate of drug-likeness (QED) is 0.464. The number of aliphatic hydroxyl groups is 3. The average molecular weight is 351 g/mol. The lowest BCUT2D eigenvalue weighted by atomic mass is 9.96. The maximum atomic E-state index is 12.3. The van der Waals surface area contributed by atoms with Gasteiger partial charge in [0.15, 0.2) is 6.23 Å². The van der Waals surface area contributed by atoms with Crippen LogP contribution < -0.4 is 10.6 Å². The van der Waals surface area contributed by atoms with E-state index in [1.54, 1.807) is 7.05 Å². The summed E-state index contributed by atoms with van der Waals surface area (Å²) in [6.07, 6.45) is -0.479. The molecule has 0 radical (unpaired) electrons. The Morgan fingerprint density at radius 2 is 2.16 bits per heavy atom. The van der Waals surface area contributed by atoms with Crippen molar-refractivity contribution < 1.29 is 24.9 Å². The van der Waals surface area contributed by atoms with E-state index in [0.717, 1.165) is 0 Å². The van der Waals surface area contributed by atoms with Crippen molar-refractivity contribution in [1.29, 1.82) is 0 Å². The highest BCUT2D eigenvalue weighted by atomic mass is 16.6. The summed E-state index contributed by atoms with van der Waals surface area (Å²) >= 11 is 0. The van der Waals surface area contributed by atoms with Crippen molar-refractivity contribution in [2.45, 2.75) is 31.0 Å². The second-order valence-electron chi connectivity index (χ2n) is 6.08. The largest absolute Gasteiger partial charge is 0.394 e. The third-order valence-corrected chi connectivity index (χ3v) is 4.51. The predicted octanol–water partition coefficient (Wildman–Crippen LogP) is -1.17. The Kier molecular flexibility index (Phi) is 4.37. The van der Waals surface area contributed by atoms with Gasteiger partial charge in [-0.05, 0) is 6.92 Å². The van der Waals surface area contributed by atoms with Crippen LogP contribution in [-0.2, 0) is 4.74 Å². The molecule has 3 heterocycles. The van der Waals surface area contributed by atoms with Crippen LogP contribution in [0.5, 0.6) is 0 Å². The molecule has 2 aromatic heterocycles. The fraction of sp³-hybridized carbons (Fsp3) is 0.533. The first kappa shape index (κ1) is 17.5. The topological polar surface area (TPSA) is 142 Å². The molecule has 10 heteroatoms. The summed E-state index contributed by atoms with van der Waals surface area (Å²) in [5.41, 5.74) is -1.04. The number of hydrogen-bond donors (Lipinski definition) is 5. The number of hydrogen-bond acceptors (Lipinski definition) is 8. The third kappa shape index (κ3) is 2.54. The number of fused-ring (bicyclic) bond motifs is 1. The summed E-state index contributed by atoms with van der Waals surface area (Å²) in [4.78, 5) is 20.6. The zero-order valence-corrected chi connectivity index (χ0v) is 14.1. The van der Waals surface area contributed by atoms with Gasteiger partial charge < -0.3 is 35.3 Å². The second kappa shape index (κ2) is 6.23. The lowest BCUT2D eigenvalue weighted by molar-refractivity contribution is -0.0948. The van der Waals surface area contributed by atoms with E-state index in [4.69, 9.17) is 4.74 Å². The third-order valence-electron chi connectivity index (χ3n) is 4.51. The Balaban J connectivity index is 2.22. The van der Waals surface area contributed by atoms with Crippen LogP contribution >= 0.6 is 0 Å². The number of anilines is 1. The van der Waals surface area contributed by atoms with E-state index in [-0.39, 0.29) is 5.91 Å². The summed E-state index contributed by atoms with van der Waals surface area (Å²) in [6, 6.07) is 0. The number of aliphatic hydroxyl groups excluding tert-OH is 2. The Labute approximate surface area is 143 Å². The molecule has 25 heavy (non-hydrogen) atoms. The fourth-order valence-corrected chi connectivity index (χ4v) is 3.15. The first-order valence-electron chi connectivity index (χ1n) is 7.78. The highest BCUT2D eigenvalue weighted by Crippen LogP contribution is 2.41. The number of carbonyl (C=O) groups excluding carboxylic acids is 1. The molecule has 10 nitrogen and oxygen atoms in total. The minimum atomic E-state index is -1.69. The fourth-order valence-electron chi connectivity index (χ4n) is 3.15. The van der Waals surface area contributed by atoms with Gasteiger partial charge in [-0.1, -0.05) is 0 Å². The molecule has 5 N–H and O–H groups in total. The maximum absolute atomic E-state index is 12.3. The number of nitrogens with one attached hydrogen (secondary N) is 2. The lowest BCUT2D eigenvalue weighted by Gasteiger charge is -2.27. The zero-order valence-electron chi connectivity index (χ0n) is 14.1. The van der Waals surface area contributed by atoms with Crippen LogP contribution in [-0.4, -0.2) is 74.3 Å². The SMILES string of the molecule is CNC(=O)c1cn(C2OC(CO)C(O)C2(C)O)c2ncnc(NC)c12. The van der Waals surface area contributed by atoms with Crippen LogP contribution in [0.4, 0.5) is 5.82 Å². The van der Waals surface area contributed by atoms with Crippen molar-refractivity contribution in [2.24, 2.45) is 0 Å². The smallest absolute Gasteiger partial charge is 0.253 e. The Morgan fingerprint density at radius 1 is 1.44 bits per heavy atom. The molecule has 0 bridgehead atoms. The van der Waals surface area contributed by atoms with Gasteiger partial charge in [0.25, 0.3) is 5.91 Å². The molecule has 0 saturated carbocycles. The minimum absolute atomic E-state index is 0.295. The van der Waals surface area contributed by atoms with Crippen LogP contribution in [0.25, 0.3) is 11.0 Å². The molecule has 2 aromatic rings. The van der Waals surface area contributed by atoms with Gasteiger partial charge in [0.1, 0.15) is 35.6 Å². The average Bonchev–Trinajstić information content (AvgIpc) is 3.10. The second-order valence-corrected chi connectivity index (χ2v) is 6.08. The van der Waals surface area contributed by atoms with Crippen LogP contribution in [0.3, 0.4) is 0 Å². The standard InChI is InChI=1S/C15H21N5O5/c1-15(24)10(22)8(5-21)25-14(15)20-4-7(13(23)17-3)9-11(16-2)18-6-19-12(9)20/h4,6,8,10,14,21-22,24H,5H2,1-3H3,(H,17,23)(H,16,18,19). The van der Waals surface area contributed by atoms with Crippen LogP contribution in [0.15, 0.2) is 12.5 Å². The Hall–Kier alpha value is -2.27. The van der Waals surface area contributed by atoms with Crippen molar-refractivity contribution in [3.63, 3.8) is 0 Å². The molecule has 0 spiro atoms. The van der Waals surface area contributed by atoms with Gasteiger partial charge in [-0.3, -0.25) is 4.79 Å². The van der Waals surface area contributed by atoms with Gasteiger partial charge in [-0.15, -0.1) is 0 Å². The highest BCUT2D eigenvalue weighted by Gasteiger charge is 2.53. The molecule has 1 aliphatic heterocycles. The van der Waals surface area contributed by atoms with E-state index < -0.39 is 30.6 Å². The van der Waals surface area contributed by atoms with Crippen LogP contribution in [0, 0.1) is 0 Å². The van der Waals surface area contributed by atoms with Gasteiger partial charge in [-0.25, -0.2) is 9.97 Å². The molecule has 3 rings (SSSR count). The first-order valence-corrected chi connectivity index (χ1v) is 7.78. The maximum Gasteiger partial charge on any atom is 0.253 e. The number of rotatable bonds is 4. The summed E-state index contributed by atoms with van der Waals surface area (Å²) in [5.74, 6) is 0.0891. The summed E-state index contributed by atoms with van der Waals surface area (Å²) in [5, 5.41) is 36.2. The van der Waals surface area contributed by atoms with Crippen molar-refractivity contribution in [2.75, 3.05) is 26.0 Å². The van der Waals surface area contributed by atoms with Crippen molar-refractivity contribution in [3.8, 4) is 0 Å². The van der Waals surface area contributed by atoms with Crippen LogP contribution in [0.2, 0.25) is 0 Å². The van der Waals surface area contributed by atoms with Gasteiger partial charge in [0.05, 0.1) is 17.6 Å². The first-order chi connectivity index (χ1) is 11.9. The molecule has 1 amide bonds. The Bertz CT molecular complexity index is 805. The zero-order chi connectivity index (χ0) is 18.4. The minimum Gasteiger partial charge on any atom is -0.394 e. The molecule has 4 atom stereocenters. The molecule has 4 unspecified atom stereocenters. The van der Waals surface area contributed by atoms with Gasteiger partial charge in [-0.2, -0.15) is 0 Å². The number of ether oxygens (including phenoxy) is 1. The summed E-state index contributed by atoms with van der Waals surface area (Å²) in [6.45, 7) is 0.954. The monoisotopic (exact) mass is 351 g/mol. The number of carbonyl (C=O) groups is 1. The van der Waals surface area contributed by atoms with Gasteiger partial charge >= 0.3 is 0 Å². The summed E-state index contributed by atoms with van der Waals surface area (Å²) < 4.78 is 7.11. The molecule has 1 aliphatic rings. The molecular weight excluding hydrogens is 330 g/mol. The predicted molar refractivity (Wildman–Crippen MR) is 88.1 cm³/mol. The number of nitrogens with zero attached hydrogens (tertiary/aromatic N) is 3. The molecule has 0 aromatic carbocycles. The van der Waals surface area contributed by atoms with E-state index >= 15 is 0 Å². The lowest BCUT2D eigenvalue weighted by Crippen LogP contribution is -2.44. The van der Waals surface area contributed by atoms with E-state index in [1.165, 1.54) is 31.1 Å². The molecular formula is C15H21N5O5. The highest BCUT2D eigenvalue weighted by molar-refractivity contribution is 6.09. The van der Waals surface area contributed by atoms with E-state index in [2.05, 4.69) is 20.6 Å². The van der Waals surface area contributed by atoms with Crippen molar-refractivity contribution in [1.82, 2.24) is 19.9 Å². The molecule has 0 aliphatic carbocycles. The van der Waals surface area contributed by atoms with E-state index in [9.17, 15) is 20.1 Å². The number of amides is 1. The van der Waals surface area contributed by atoms with Crippen molar-refractivity contribution >= 4 is 22.8 Å². The Morgan fingerprint density at radius 3 is 2.72 bits per heavy atom. The van der Waals surface area contributed by atoms with Crippen LogP contribution in [0.1, 0.15) is 23.5 Å². The van der Waals surface area contributed by atoms with Crippen molar-refractivity contribution in [3.05, 3.63) is 18.1 Å².